The number of thioether (sulfide) groups is 1. The summed E-state index contributed by atoms with van der Waals surface area (Å²) >= 11 is 3.46. The molecule has 0 amide bonds. The zero-order valence-electron chi connectivity index (χ0n) is 4.68. The fourth-order valence-electron chi connectivity index (χ4n) is 0.491. The first-order valence-electron chi connectivity index (χ1n) is 2.26. The lowest BCUT2D eigenvalue weighted by atomic mass is 10.4. The van der Waals surface area contributed by atoms with Crippen molar-refractivity contribution in [3.05, 3.63) is 23.2 Å². The Bertz CT molecular complexity index is 167. The van der Waals surface area contributed by atoms with Crippen LogP contribution >= 0.6 is 23.1 Å². The third kappa shape index (κ3) is 1.06. The molecule has 0 aliphatic heterocycles. The second kappa shape index (κ2) is 2.55. The molecule has 0 N–H and O–H groups in total. The van der Waals surface area contributed by atoms with Gasteiger partial charge in [0.2, 0.25) is 0 Å². The molecule has 1 aromatic rings. The van der Waals surface area contributed by atoms with Gasteiger partial charge in [-0.05, 0) is 24.1 Å². The third-order valence-corrected chi connectivity index (χ3v) is 2.68. The Morgan fingerprint density at radius 3 is 2.62 bits per heavy atom. The summed E-state index contributed by atoms with van der Waals surface area (Å²) in [6.45, 7) is 3.84. The van der Waals surface area contributed by atoms with Gasteiger partial charge in [-0.2, -0.15) is 11.3 Å². The zero-order chi connectivity index (χ0) is 5.98. The van der Waals surface area contributed by atoms with Crippen molar-refractivity contribution in [1.29, 1.82) is 0 Å². The van der Waals surface area contributed by atoms with E-state index in [2.05, 4.69) is 23.9 Å². The molecule has 0 nitrogen and oxygen atoms in total. The van der Waals surface area contributed by atoms with Crippen LogP contribution < -0.4 is 0 Å². The summed E-state index contributed by atoms with van der Waals surface area (Å²) in [5.74, 6) is 0. The van der Waals surface area contributed by atoms with Crippen molar-refractivity contribution in [2.45, 2.75) is 4.90 Å². The fourth-order valence-corrected chi connectivity index (χ4v) is 2.07. The predicted octanol–water partition coefficient (Wildman–Crippen LogP) is 2.65. The Kier molecular flexibility index (Phi) is 1.97. The molecule has 0 fully saturated rings. The lowest BCUT2D eigenvalue weighted by Gasteiger charge is -1.87. The highest BCUT2D eigenvalue weighted by Gasteiger charge is 1.93. The molecule has 0 aliphatic rings. The van der Waals surface area contributed by atoms with E-state index >= 15 is 0 Å². The molecule has 43 valence electrons. The summed E-state index contributed by atoms with van der Waals surface area (Å²) in [6.07, 6.45) is 2.07. The number of hydrogen-bond acceptors (Lipinski definition) is 2. The third-order valence-electron chi connectivity index (χ3n) is 0.922. The molecule has 0 saturated heterocycles. The molecule has 0 aromatic carbocycles. The van der Waals surface area contributed by atoms with Crippen LogP contribution in [0.1, 0.15) is 5.56 Å². The highest BCUT2D eigenvalue weighted by Crippen LogP contribution is 2.22. The zero-order valence-corrected chi connectivity index (χ0v) is 6.31. The maximum Gasteiger partial charge on any atom is 0.0208 e. The Morgan fingerprint density at radius 2 is 2.38 bits per heavy atom. The van der Waals surface area contributed by atoms with Crippen LogP contribution in [0.15, 0.2) is 15.7 Å². The van der Waals surface area contributed by atoms with E-state index in [9.17, 15) is 0 Å². The summed E-state index contributed by atoms with van der Waals surface area (Å²) in [5.41, 5.74) is 1.16. The molecule has 0 unspecified atom stereocenters. The van der Waals surface area contributed by atoms with E-state index < -0.39 is 0 Å². The van der Waals surface area contributed by atoms with E-state index in [0.717, 1.165) is 5.56 Å². The summed E-state index contributed by atoms with van der Waals surface area (Å²) in [7, 11) is 0. The fraction of sp³-hybridized carbons (Fsp3) is 0.167. The van der Waals surface area contributed by atoms with Crippen molar-refractivity contribution in [1.82, 2.24) is 0 Å². The molecular weight excluding hydrogens is 136 g/mol. The van der Waals surface area contributed by atoms with Crippen molar-refractivity contribution < 1.29 is 0 Å². The van der Waals surface area contributed by atoms with Crippen LogP contribution in [0, 0.1) is 6.92 Å². The Hall–Kier alpha value is 0.0500. The topological polar surface area (TPSA) is 0 Å². The summed E-state index contributed by atoms with van der Waals surface area (Å²) in [4.78, 5) is 1.30. The molecule has 0 aliphatic carbocycles. The first-order valence-corrected chi connectivity index (χ1v) is 4.43. The minimum Gasteiger partial charge on any atom is -0.151 e. The molecular formula is C6H7S2. The van der Waals surface area contributed by atoms with Crippen LogP contribution in [0.2, 0.25) is 0 Å². The molecule has 1 radical (unpaired) electrons. The van der Waals surface area contributed by atoms with Gasteiger partial charge in [0.1, 0.15) is 0 Å². The van der Waals surface area contributed by atoms with E-state index in [-0.39, 0.29) is 0 Å². The standard InChI is InChI=1S/C6H7S2/c1-5-3-8-4-6(5)7-2/h3-4H,1H2,2H3. The first-order chi connectivity index (χ1) is 3.84. The van der Waals surface area contributed by atoms with Gasteiger partial charge in [-0.25, -0.2) is 0 Å². The first kappa shape index (κ1) is 6.17. The van der Waals surface area contributed by atoms with Gasteiger partial charge in [-0.15, -0.1) is 11.8 Å². The summed E-state index contributed by atoms with van der Waals surface area (Å²) < 4.78 is 0. The molecule has 0 atom stereocenters. The molecule has 1 heterocycles. The monoisotopic (exact) mass is 143 g/mol. The number of hydrogen-bond donors (Lipinski definition) is 0. The molecule has 0 bridgehead atoms. The van der Waals surface area contributed by atoms with E-state index in [1.165, 1.54) is 4.90 Å². The average molecular weight is 143 g/mol. The van der Waals surface area contributed by atoms with Gasteiger partial charge in [-0.3, -0.25) is 0 Å². The SMILES string of the molecule is [CH2]c1cscc1SC. The largest absolute Gasteiger partial charge is 0.151 e. The van der Waals surface area contributed by atoms with Gasteiger partial charge in [0, 0.05) is 10.3 Å². The van der Waals surface area contributed by atoms with Crippen LogP contribution in [-0.4, -0.2) is 6.26 Å². The smallest absolute Gasteiger partial charge is 0.0208 e. The predicted molar refractivity (Wildman–Crippen MR) is 40.6 cm³/mol. The quantitative estimate of drug-likeness (QED) is 0.545. The second-order valence-electron chi connectivity index (χ2n) is 1.47. The average Bonchev–Trinajstić information content (AvgIpc) is 2.14. The second-order valence-corrected chi connectivity index (χ2v) is 3.06. The normalized spacial score (nSPS) is 9.75. The van der Waals surface area contributed by atoms with Gasteiger partial charge in [0.25, 0.3) is 0 Å². The maximum atomic E-state index is 3.84. The van der Waals surface area contributed by atoms with Gasteiger partial charge in [0.05, 0.1) is 0 Å². The van der Waals surface area contributed by atoms with E-state index in [0.29, 0.717) is 0 Å². The van der Waals surface area contributed by atoms with Gasteiger partial charge in [-0.1, -0.05) is 0 Å². The Morgan fingerprint density at radius 1 is 1.62 bits per heavy atom. The van der Waals surface area contributed by atoms with E-state index in [1.807, 2.05) is 0 Å². The summed E-state index contributed by atoms with van der Waals surface area (Å²) in [5, 5.41) is 4.18. The molecule has 0 saturated carbocycles. The van der Waals surface area contributed by atoms with Crippen LogP contribution in [0.25, 0.3) is 0 Å². The lowest BCUT2D eigenvalue weighted by molar-refractivity contribution is 1.50. The van der Waals surface area contributed by atoms with Gasteiger partial charge >= 0.3 is 0 Å². The van der Waals surface area contributed by atoms with Crippen molar-refractivity contribution in [3.63, 3.8) is 0 Å². The lowest BCUT2D eigenvalue weighted by Crippen LogP contribution is -1.63. The van der Waals surface area contributed by atoms with Crippen LogP contribution in [-0.2, 0) is 0 Å². The highest BCUT2D eigenvalue weighted by atomic mass is 32.2. The van der Waals surface area contributed by atoms with Crippen molar-refractivity contribution in [3.8, 4) is 0 Å². The molecule has 0 spiro atoms. The Labute approximate surface area is 57.9 Å². The number of rotatable bonds is 1. The van der Waals surface area contributed by atoms with Crippen molar-refractivity contribution in [2.75, 3.05) is 6.26 Å². The molecule has 1 rings (SSSR count). The maximum absolute atomic E-state index is 3.84. The van der Waals surface area contributed by atoms with Crippen LogP contribution in [0.3, 0.4) is 0 Å². The van der Waals surface area contributed by atoms with E-state index in [1.54, 1.807) is 23.1 Å². The molecule has 2 heteroatoms. The van der Waals surface area contributed by atoms with Gasteiger partial charge < -0.3 is 0 Å². The molecule has 1 aromatic heterocycles. The minimum absolute atomic E-state index is 1.16. The summed E-state index contributed by atoms with van der Waals surface area (Å²) in [6, 6.07) is 0. The van der Waals surface area contributed by atoms with Gasteiger partial charge in [0.15, 0.2) is 0 Å². The Balaban J connectivity index is 2.92. The molecule has 8 heavy (non-hydrogen) atoms. The van der Waals surface area contributed by atoms with Crippen molar-refractivity contribution in [2.24, 2.45) is 0 Å². The van der Waals surface area contributed by atoms with Crippen molar-refractivity contribution >= 4 is 23.1 Å². The number of thiophene rings is 1. The van der Waals surface area contributed by atoms with Crippen LogP contribution in [0.5, 0.6) is 0 Å². The van der Waals surface area contributed by atoms with Crippen LogP contribution in [0.4, 0.5) is 0 Å². The highest BCUT2D eigenvalue weighted by molar-refractivity contribution is 7.98. The minimum atomic E-state index is 1.16. The van der Waals surface area contributed by atoms with E-state index in [4.69, 9.17) is 0 Å².